The van der Waals surface area contributed by atoms with E-state index in [2.05, 4.69) is 48.0 Å². The number of anilines is 1. The van der Waals surface area contributed by atoms with Crippen LogP contribution in [-0.4, -0.2) is 43.1 Å². The average Bonchev–Trinajstić information content (AvgIpc) is 2.47. The normalized spacial score (nSPS) is 16.9. The first-order valence-electron chi connectivity index (χ1n) is 7.21. The van der Waals surface area contributed by atoms with Crippen molar-refractivity contribution in [2.45, 2.75) is 13.5 Å². The summed E-state index contributed by atoms with van der Waals surface area (Å²) in [6.07, 6.45) is 0. The molecule has 2 aromatic rings. The number of piperazine rings is 1. The van der Waals surface area contributed by atoms with Crippen LogP contribution in [0.1, 0.15) is 11.1 Å². The highest BCUT2D eigenvalue weighted by Crippen LogP contribution is 2.24. The van der Waals surface area contributed by atoms with Gasteiger partial charge in [-0.3, -0.25) is 0 Å². The number of nitrogens with two attached hydrogens (primary N) is 1. The number of hydrogen-bond donors (Lipinski definition) is 1. The molecule has 0 atom stereocenters. The van der Waals surface area contributed by atoms with E-state index in [1.54, 1.807) is 0 Å². The van der Waals surface area contributed by atoms with Gasteiger partial charge in [-0.15, -0.1) is 0 Å². The Balaban J connectivity index is 1.97. The Morgan fingerprint density at radius 1 is 1.15 bits per heavy atom. The molecule has 0 aliphatic carbocycles. The lowest BCUT2D eigenvalue weighted by Crippen LogP contribution is -2.44. The minimum absolute atomic E-state index is 0.579. The van der Waals surface area contributed by atoms with Gasteiger partial charge in [0, 0.05) is 38.1 Å². The van der Waals surface area contributed by atoms with Gasteiger partial charge in [-0.1, -0.05) is 6.07 Å². The van der Waals surface area contributed by atoms with Crippen LogP contribution in [0, 0.1) is 6.92 Å². The molecular weight excluding hydrogens is 248 g/mol. The summed E-state index contributed by atoms with van der Waals surface area (Å²) >= 11 is 0. The molecule has 106 valence electrons. The zero-order valence-corrected chi connectivity index (χ0v) is 12.3. The maximum atomic E-state index is 5.72. The molecule has 2 N–H and O–H groups in total. The van der Waals surface area contributed by atoms with Crippen LogP contribution in [0.4, 0.5) is 5.82 Å². The topological polar surface area (TPSA) is 45.4 Å². The van der Waals surface area contributed by atoms with Crippen LogP contribution < -0.4 is 10.6 Å². The van der Waals surface area contributed by atoms with Crippen molar-refractivity contribution in [3.05, 3.63) is 35.4 Å². The molecule has 1 aromatic heterocycles. The Bertz CT molecular complexity index is 615. The maximum Gasteiger partial charge on any atom is 0.129 e. The fraction of sp³-hybridized carbons (Fsp3) is 0.438. The van der Waals surface area contributed by atoms with Gasteiger partial charge in [0.25, 0.3) is 0 Å². The van der Waals surface area contributed by atoms with E-state index >= 15 is 0 Å². The lowest BCUT2D eigenvalue weighted by atomic mass is 10.1. The van der Waals surface area contributed by atoms with E-state index in [9.17, 15) is 0 Å². The minimum Gasteiger partial charge on any atom is -0.354 e. The Morgan fingerprint density at radius 3 is 2.60 bits per heavy atom. The highest BCUT2D eigenvalue weighted by atomic mass is 15.3. The van der Waals surface area contributed by atoms with Gasteiger partial charge >= 0.3 is 0 Å². The van der Waals surface area contributed by atoms with Gasteiger partial charge in [-0.2, -0.15) is 0 Å². The van der Waals surface area contributed by atoms with E-state index in [1.807, 2.05) is 0 Å². The molecular formula is C16H22N4. The van der Waals surface area contributed by atoms with Crippen molar-refractivity contribution >= 4 is 16.7 Å². The van der Waals surface area contributed by atoms with Crippen LogP contribution in [-0.2, 0) is 6.54 Å². The van der Waals surface area contributed by atoms with Crippen LogP contribution in [0.3, 0.4) is 0 Å². The molecule has 4 heteroatoms. The SMILES string of the molecule is Cc1cc(N2CCN(C)CC2)nc2ccc(CN)cc12. The summed E-state index contributed by atoms with van der Waals surface area (Å²) in [5, 5.41) is 1.21. The number of nitrogens with zero attached hydrogens (tertiary/aromatic N) is 3. The summed E-state index contributed by atoms with van der Waals surface area (Å²) < 4.78 is 0. The second-order valence-electron chi connectivity index (χ2n) is 5.64. The van der Waals surface area contributed by atoms with Crippen molar-refractivity contribution in [2.75, 3.05) is 38.1 Å². The van der Waals surface area contributed by atoms with Gasteiger partial charge in [-0.05, 0) is 43.3 Å². The largest absolute Gasteiger partial charge is 0.354 e. The molecule has 1 fully saturated rings. The van der Waals surface area contributed by atoms with Crippen molar-refractivity contribution in [3.8, 4) is 0 Å². The summed E-state index contributed by atoms with van der Waals surface area (Å²) in [4.78, 5) is 9.56. The van der Waals surface area contributed by atoms with E-state index in [0.717, 1.165) is 43.1 Å². The third-order valence-corrected chi connectivity index (χ3v) is 4.13. The molecule has 0 saturated carbocycles. The van der Waals surface area contributed by atoms with E-state index in [-0.39, 0.29) is 0 Å². The molecule has 0 bridgehead atoms. The van der Waals surface area contributed by atoms with Gasteiger partial charge in [0.15, 0.2) is 0 Å². The predicted octanol–water partition coefficient (Wildman–Crippen LogP) is 1.75. The van der Waals surface area contributed by atoms with Gasteiger partial charge in [0.2, 0.25) is 0 Å². The van der Waals surface area contributed by atoms with Crippen molar-refractivity contribution < 1.29 is 0 Å². The molecule has 4 nitrogen and oxygen atoms in total. The number of pyridine rings is 1. The van der Waals surface area contributed by atoms with Crippen LogP contribution in [0.5, 0.6) is 0 Å². The summed E-state index contributed by atoms with van der Waals surface area (Å²) in [7, 11) is 2.17. The van der Waals surface area contributed by atoms with Crippen molar-refractivity contribution in [1.82, 2.24) is 9.88 Å². The zero-order valence-electron chi connectivity index (χ0n) is 12.3. The number of benzene rings is 1. The Labute approximate surface area is 120 Å². The highest BCUT2D eigenvalue weighted by Gasteiger charge is 2.16. The van der Waals surface area contributed by atoms with E-state index in [0.29, 0.717) is 6.54 Å². The third-order valence-electron chi connectivity index (χ3n) is 4.13. The van der Waals surface area contributed by atoms with Crippen LogP contribution in [0.15, 0.2) is 24.3 Å². The first-order valence-corrected chi connectivity index (χ1v) is 7.21. The Morgan fingerprint density at radius 2 is 1.90 bits per heavy atom. The fourth-order valence-corrected chi connectivity index (χ4v) is 2.75. The number of rotatable bonds is 2. The number of aryl methyl sites for hydroxylation is 1. The fourth-order valence-electron chi connectivity index (χ4n) is 2.75. The summed E-state index contributed by atoms with van der Waals surface area (Å²) in [5.41, 5.74) is 9.22. The number of fused-ring (bicyclic) bond motifs is 1. The molecule has 0 spiro atoms. The number of hydrogen-bond acceptors (Lipinski definition) is 4. The number of likely N-dealkylation sites (N-methyl/N-ethyl adjacent to an activating group) is 1. The van der Waals surface area contributed by atoms with Crippen LogP contribution in [0.25, 0.3) is 10.9 Å². The van der Waals surface area contributed by atoms with Crippen LogP contribution in [0.2, 0.25) is 0 Å². The van der Waals surface area contributed by atoms with Gasteiger partial charge in [0.1, 0.15) is 5.82 Å². The second-order valence-corrected chi connectivity index (χ2v) is 5.64. The molecule has 1 aliphatic heterocycles. The number of aromatic nitrogens is 1. The molecule has 1 aromatic carbocycles. The summed E-state index contributed by atoms with van der Waals surface area (Å²) in [6, 6.07) is 8.52. The minimum atomic E-state index is 0.579. The standard InChI is InChI=1S/C16H22N4/c1-12-9-16(20-7-5-19(2)6-8-20)18-15-4-3-13(11-17)10-14(12)15/h3-4,9-10H,5-8,11,17H2,1-2H3. The Hall–Kier alpha value is -1.65. The van der Waals surface area contributed by atoms with Crippen molar-refractivity contribution in [1.29, 1.82) is 0 Å². The molecule has 20 heavy (non-hydrogen) atoms. The molecule has 1 aliphatic rings. The first-order chi connectivity index (χ1) is 9.67. The summed E-state index contributed by atoms with van der Waals surface area (Å²) in [6.45, 7) is 7.04. The quantitative estimate of drug-likeness (QED) is 0.903. The monoisotopic (exact) mass is 270 g/mol. The van der Waals surface area contributed by atoms with Crippen molar-refractivity contribution in [2.24, 2.45) is 5.73 Å². The van der Waals surface area contributed by atoms with Gasteiger partial charge in [0.05, 0.1) is 5.52 Å². The van der Waals surface area contributed by atoms with E-state index in [4.69, 9.17) is 10.7 Å². The molecule has 0 radical (unpaired) electrons. The molecule has 0 unspecified atom stereocenters. The smallest absolute Gasteiger partial charge is 0.129 e. The third kappa shape index (κ3) is 2.49. The summed E-state index contributed by atoms with van der Waals surface area (Å²) in [5.74, 6) is 1.10. The second kappa shape index (κ2) is 5.38. The first kappa shape index (κ1) is 13.3. The van der Waals surface area contributed by atoms with Gasteiger partial charge < -0.3 is 15.5 Å². The highest BCUT2D eigenvalue weighted by molar-refractivity contribution is 5.84. The van der Waals surface area contributed by atoms with E-state index < -0.39 is 0 Å². The van der Waals surface area contributed by atoms with Gasteiger partial charge in [-0.25, -0.2) is 4.98 Å². The van der Waals surface area contributed by atoms with E-state index in [1.165, 1.54) is 10.9 Å². The molecule has 3 rings (SSSR count). The molecule has 1 saturated heterocycles. The maximum absolute atomic E-state index is 5.72. The van der Waals surface area contributed by atoms with Crippen molar-refractivity contribution in [3.63, 3.8) is 0 Å². The predicted molar refractivity (Wildman–Crippen MR) is 84.1 cm³/mol. The lowest BCUT2D eigenvalue weighted by Gasteiger charge is -2.33. The Kier molecular flexibility index (Phi) is 3.59. The lowest BCUT2D eigenvalue weighted by molar-refractivity contribution is 0.312. The zero-order chi connectivity index (χ0) is 14.1. The average molecular weight is 270 g/mol. The molecule has 2 heterocycles. The molecule has 0 amide bonds. The van der Waals surface area contributed by atoms with Crippen LogP contribution >= 0.6 is 0 Å².